The van der Waals surface area contributed by atoms with Crippen LogP contribution in [-0.2, 0) is 4.79 Å². The molecule has 1 aliphatic rings. The molecule has 3 heteroatoms. The zero-order valence-electron chi connectivity index (χ0n) is 13.4. The number of rotatable bonds is 2. The Morgan fingerprint density at radius 2 is 1.33 bits per heavy atom. The van der Waals surface area contributed by atoms with E-state index in [2.05, 4.69) is 6.92 Å². The van der Waals surface area contributed by atoms with E-state index in [1.807, 2.05) is 60.7 Å². The molecule has 2 aromatic carbocycles. The Morgan fingerprint density at radius 1 is 0.875 bits per heavy atom. The zero-order chi connectivity index (χ0) is 17.1. The van der Waals surface area contributed by atoms with E-state index in [-0.39, 0.29) is 5.78 Å². The van der Waals surface area contributed by atoms with E-state index in [9.17, 15) is 4.79 Å². The number of hydrogen-bond acceptors (Lipinski definition) is 1. The quantitative estimate of drug-likeness (QED) is 0.564. The number of hydrogen-bond donors (Lipinski definition) is 0. The summed E-state index contributed by atoms with van der Waals surface area (Å²) in [4.78, 5) is 12.8. The van der Waals surface area contributed by atoms with Gasteiger partial charge >= 0.3 is 0 Å². The Balaban J connectivity index is 1.94. The zero-order valence-corrected chi connectivity index (χ0v) is 14.9. The normalized spacial score (nSPS) is 21.5. The van der Waals surface area contributed by atoms with E-state index < -0.39 is 0 Å². The van der Waals surface area contributed by atoms with Gasteiger partial charge in [-0.05, 0) is 66.3 Å². The van der Waals surface area contributed by atoms with Gasteiger partial charge in [-0.1, -0.05) is 54.4 Å². The van der Waals surface area contributed by atoms with Crippen LogP contribution in [0.4, 0.5) is 0 Å². The van der Waals surface area contributed by atoms with Crippen molar-refractivity contribution in [2.75, 3.05) is 0 Å². The molecule has 0 spiro atoms. The van der Waals surface area contributed by atoms with E-state index in [0.717, 1.165) is 35.1 Å². The third kappa shape index (κ3) is 4.17. The molecule has 0 heterocycles. The monoisotopic (exact) mass is 356 g/mol. The number of halogens is 2. The minimum absolute atomic E-state index is 0.119. The van der Waals surface area contributed by atoms with Crippen LogP contribution in [0.25, 0.3) is 12.2 Å². The fraction of sp³-hybridized carbons (Fsp3) is 0.190. The second-order valence-corrected chi connectivity index (χ2v) is 7.16. The smallest absolute Gasteiger partial charge is 0.185 e. The first-order chi connectivity index (χ1) is 11.5. The van der Waals surface area contributed by atoms with Crippen LogP contribution in [0.2, 0.25) is 10.0 Å². The SMILES string of the molecule is CC1C/C(=C\c2cccc(Cl)c2)C(=O)/C(=C/c2cccc(Cl)c2)C1. The average Bonchev–Trinajstić information content (AvgIpc) is 2.52. The molecule has 0 amide bonds. The Labute approximate surface area is 152 Å². The van der Waals surface area contributed by atoms with Gasteiger partial charge in [-0.25, -0.2) is 0 Å². The van der Waals surface area contributed by atoms with Crippen LogP contribution in [0.15, 0.2) is 59.7 Å². The summed E-state index contributed by atoms with van der Waals surface area (Å²) in [7, 11) is 0. The molecule has 1 nitrogen and oxygen atoms in total. The molecule has 2 aromatic rings. The molecular formula is C21H18Cl2O. The second-order valence-electron chi connectivity index (χ2n) is 6.29. The molecule has 122 valence electrons. The highest BCUT2D eigenvalue weighted by Gasteiger charge is 2.25. The second kappa shape index (κ2) is 7.38. The molecule has 0 radical (unpaired) electrons. The van der Waals surface area contributed by atoms with Crippen molar-refractivity contribution in [1.29, 1.82) is 0 Å². The molecule has 0 unspecified atom stereocenters. The van der Waals surface area contributed by atoms with E-state index in [1.165, 1.54) is 0 Å². The number of benzene rings is 2. The first-order valence-corrected chi connectivity index (χ1v) is 8.74. The molecule has 0 atom stereocenters. The predicted molar refractivity (Wildman–Crippen MR) is 102 cm³/mol. The van der Waals surface area contributed by atoms with Crippen LogP contribution in [0, 0.1) is 5.92 Å². The van der Waals surface area contributed by atoms with Gasteiger partial charge in [0.05, 0.1) is 0 Å². The average molecular weight is 357 g/mol. The molecule has 0 saturated heterocycles. The molecule has 0 aromatic heterocycles. The number of carbonyl (C=O) groups is 1. The van der Waals surface area contributed by atoms with Crippen molar-refractivity contribution in [1.82, 2.24) is 0 Å². The van der Waals surface area contributed by atoms with Crippen molar-refractivity contribution in [3.8, 4) is 0 Å². The highest BCUT2D eigenvalue weighted by Crippen LogP contribution is 2.32. The third-order valence-electron chi connectivity index (χ3n) is 4.10. The highest BCUT2D eigenvalue weighted by atomic mass is 35.5. The van der Waals surface area contributed by atoms with Crippen molar-refractivity contribution in [3.63, 3.8) is 0 Å². The lowest BCUT2D eigenvalue weighted by Crippen LogP contribution is -2.18. The fourth-order valence-corrected chi connectivity index (χ4v) is 3.46. The van der Waals surface area contributed by atoms with Gasteiger partial charge in [-0.3, -0.25) is 4.79 Å². The largest absolute Gasteiger partial charge is 0.289 e. The Bertz CT molecular complexity index is 766. The first-order valence-electron chi connectivity index (χ1n) is 7.98. The Hall–Kier alpha value is -1.83. The Morgan fingerprint density at radius 3 is 1.75 bits per heavy atom. The van der Waals surface area contributed by atoms with Crippen LogP contribution in [-0.4, -0.2) is 5.78 Å². The van der Waals surface area contributed by atoms with Gasteiger partial charge in [0.15, 0.2) is 5.78 Å². The van der Waals surface area contributed by atoms with Crippen molar-refractivity contribution < 1.29 is 4.79 Å². The summed E-state index contributed by atoms with van der Waals surface area (Å²) in [5, 5.41) is 1.35. The van der Waals surface area contributed by atoms with Gasteiger partial charge < -0.3 is 0 Å². The molecule has 0 bridgehead atoms. The van der Waals surface area contributed by atoms with E-state index in [4.69, 9.17) is 23.2 Å². The van der Waals surface area contributed by atoms with Crippen molar-refractivity contribution in [2.45, 2.75) is 19.8 Å². The van der Waals surface area contributed by atoms with E-state index in [0.29, 0.717) is 16.0 Å². The van der Waals surface area contributed by atoms with Gasteiger partial charge in [-0.2, -0.15) is 0 Å². The van der Waals surface area contributed by atoms with E-state index >= 15 is 0 Å². The molecule has 1 fully saturated rings. The lowest BCUT2D eigenvalue weighted by molar-refractivity contribution is -0.113. The minimum Gasteiger partial charge on any atom is -0.289 e. The van der Waals surface area contributed by atoms with Crippen LogP contribution in [0.3, 0.4) is 0 Å². The Kier molecular flexibility index (Phi) is 5.23. The molecule has 1 saturated carbocycles. The summed E-state index contributed by atoms with van der Waals surface area (Å²) in [6.07, 6.45) is 5.49. The maximum Gasteiger partial charge on any atom is 0.185 e. The summed E-state index contributed by atoms with van der Waals surface area (Å²) >= 11 is 12.1. The van der Waals surface area contributed by atoms with Crippen molar-refractivity contribution in [3.05, 3.63) is 80.8 Å². The summed E-state index contributed by atoms with van der Waals surface area (Å²) in [6, 6.07) is 15.1. The minimum atomic E-state index is 0.119. The summed E-state index contributed by atoms with van der Waals surface area (Å²) in [5.41, 5.74) is 3.60. The van der Waals surface area contributed by atoms with Gasteiger partial charge in [0.1, 0.15) is 0 Å². The standard InChI is InChI=1S/C21H18Cl2O/c1-14-8-17(10-15-4-2-6-19(22)12-15)21(24)18(9-14)11-16-5-3-7-20(23)13-16/h2-7,10-14H,8-9H2,1H3/b17-10+,18-11+. The van der Waals surface area contributed by atoms with Crippen LogP contribution in [0.1, 0.15) is 30.9 Å². The molecular weight excluding hydrogens is 339 g/mol. The lowest BCUT2D eigenvalue weighted by atomic mass is 9.81. The molecule has 1 aliphatic carbocycles. The molecule has 0 N–H and O–H groups in total. The highest BCUT2D eigenvalue weighted by molar-refractivity contribution is 6.31. The predicted octanol–water partition coefficient (Wildman–Crippen LogP) is 6.46. The lowest BCUT2D eigenvalue weighted by Gasteiger charge is -2.22. The summed E-state index contributed by atoms with van der Waals surface area (Å²) in [5.74, 6) is 0.548. The maximum absolute atomic E-state index is 12.8. The fourth-order valence-electron chi connectivity index (χ4n) is 3.06. The maximum atomic E-state index is 12.8. The van der Waals surface area contributed by atoms with Crippen molar-refractivity contribution in [2.24, 2.45) is 5.92 Å². The summed E-state index contributed by atoms with van der Waals surface area (Å²) < 4.78 is 0. The van der Waals surface area contributed by atoms with E-state index in [1.54, 1.807) is 0 Å². The number of allylic oxidation sites excluding steroid dienone is 2. The van der Waals surface area contributed by atoms with Crippen molar-refractivity contribution >= 4 is 41.1 Å². The number of Topliss-reactive ketones (excluding diaryl/α,β-unsaturated/α-hetero) is 1. The molecule has 0 aliphatic heterocycles. The van der Waals surface area contributed by atoms with Crippen LogP contribution >= 0.6 is 23.2 Å². The first kappa shape index (κ1) is 17.0. The molecule has 24 heavy (non-hydrogen) atoms. The van der Waals surface area contributed by atoms with Gasteiger partial charge in [0.2, 0.25) is 0 Å². The topological polar surface area (TPSA) is 17.1 Å². The summed E-state index contributed by atoms with van der Waals surface area (Å²) in [6.45, 7) is 2.17. The van der Waals surface area contributed by atoms with Gasteiger partial charge in [-0.15, -0.1) is 0 Å². The van der Waals surface area contributed by atoms with Gasteiger partial charge in [0, 0.05) is 21.2 Å². The van der Waals surface area contributed by atoms with Crippen LogP contribution in [0.5, 0.6) is 0 Å². The van der Waals surface area contributed by atoms with Crippen LogP contribution < -0.4 is 0 Å². The third-order valence-corrected chi connectivity index (χ3v) is 4.57. The molecule has 3 rings (SSSR count). The van der Waals surface area contributed by atoms with Gasteiger partial charge in [0.25, 0.3) is 0 Å². The number of carbonyl (C=O) groups excluding carboxylic acids is 1. The number of ketones is 1.